The highest BCUT2D eigenvalue weighted by molar-refractivity contribution is 8.93. The van der Waals surface area contributed by atoms with Crippen molar-refractivity contribution in [2.45, 2.75) is 90.5 Å². The number of hydrogen-bond acceptors (Lipinski definition) is 5. The van der Waals surface area contributed by atoms with Crippen LogP contribution in [-0.2, 0) is 6.54 Å². The molecule has 0 aliphatic carbocycles. The van der Waals surface area contributed by atoms with Crippen LogP contribution in [0.1, 0.15) is 89.5 Å². The number of nitrogens with one attached hydrogen (secondary N) is 2. The summed E-state index contributed by atoms with van der Waals surface area (Å²) in [6, 6.07) is 13.1. The van der Waals surface area contributed by atoms with Gasteiger partial charge in [-0.05, 0) is 35.6 Å². The van der Waals surface area contributed by atoms with Gasteiger partial charge in [-0.3, -0.25) is 0 Å². The Morgan fingerprint density at radius 3 is 2.17 bits per heavy atom. The maximum Gasteiger partial charge on any atom is 0.323 e. The second-order valence-corrected chi connectivity index (χ2v) is 11.0. The molecule has 0 saturated heterocycles. The number of urea groups is 1. The zero-order valence-corrected chi connectivity index (χ0v) is 26.8. The van der Waals surface area contributed by atoms with Gasteiger partial charge in [-0.25, -0.2) is 4.79 Å². The van der Waals surface area contributed by atoms with Gasteiger partial charge in [0.25, 0.3) is 0 Å². The van der Waals surface area contributed by atoms with Gasteiger partial charge in [0.15, 0.2) is 0 Å². The third kappa shape index (κ3) is 12.9. The molecule has 2 aromatic carbocycles. The van der Waals surface area contributed by atoms with Crippen LogP contribution in [0, 0.1) is 0 Å². The number of amides is 2. The van der Waals surface area contributed by atoms with E-state index >= 15 is 0 Å². The molecule has 0 bridgehead atoms. The van der Waals surface area contributed by atoms with E-state index in [0.29, 0.717) is 23.8 Å². The van der Waals surface area contributed by atoms with E-state index in [1.54, 1.807) is 18.9 Å². The minimum Gasteiger partial charge on any atom is -0.497 e. The van der Waals surface area contributed by atoms with E-state index in [4.69, 9.17) is 9.47 Å². The molecule has 0 atom stereocenters. The van der Waals surface area contributed by atoms with Crippen LogP contribution >= 0.6 is 28.7 Å². The number of anilines is 2. The van der Waals surface area contributed by atoms with E-state index in [1.807, 2.05) is 42.5 Å². The quantitative estimate of drug-likeness (QED) is 0.151. The van der Waals surface area contributed by atoms with E-state index in [0.717, 1.165) is 36.5 Å². The second kappa shape index (κ2) is 20.5. The van der Waals surface area contributed by atoms with Crippen molar-refractivity contribution < 1.29 is 14.3 Å². The number of unbranched alkanes of at least 4 members (excludes halogenated alkanes) is 11. The van der Waals surface area contributed by atoms with Crippen LogP contribution in [0.4, 0.5) is 16.2 Å². The van der Waals surface area contributed by atoms with Gasteiger partial charge in [0, 0.05) is 24.5 Å². The van der Waals surface area contributed by atoms with Crippen molar-refractivity contribution in [1.82, 2.24) is 4.90 Å². The predicted molar refractivity (Wildman–Crippen MR) is 176 cm³/mol. The average molecular weight is 635 g/mol. The van der Waals surface area contributed by atoms with E-state index < -0.39 is 0 Å². The fourth-order valence-corrected chi connectivity index (χ4v) is 5.37. The fourth-order valence-electron chi connectivity index (χ4n) is 4.66. The molecule has 0 aromatic heterocycles. The highest BCUT2D eigenvalue weighted by atomic mass is 79.9. The smallest absolute Gasteiger partial charge is 0.323 e. The summed E-state index contributed by atoms with van der Waals surface area (Å²) in [5, 5.41) is 8.07. The standard InChI is InChI=1S/C32H47N3O3S.BrH/c1-3-4-5-6-7-8-9-10-11-12-13-16-22-38-31-24-28(37-2)19-20-30(31)34-32(36)33-29-18-15-14-17-27(29)25-35-21-23-39-26-35;/h14-15,17-21,23-24H,3-13,16,22,25-26H2,1-2H3,(H2,33,34,36);1H. The molecule has 3 rings (SSSR count). The van der Waals surface area contributed by atoms with E-state index in [9.17, 15) is 4.79 Å². The molecule has 6 nitrogen and oxygen atoms in total. The Morgan fingerprint density at radius 1 is 0.875 bits per heavy atom. The Kier molecular flexibility index (Phi) is 17.4. The zero-order chi connectivity index (χ0) is 27.5. The average Bonchev–Trinajstić information content (AvgIpc) is 3.46. The Morgan fingerprint density at radius 2 is 1.52 bits per heavy atom. The summed E-state index contributed by atoms with van der Waals surface area (Å²) in [6.07, 6.45) is 17.8. The molecule has 1 aliphatic heterocycles. The molecule has 0 radical (unpaired) electrons. The maximum atomic E-state index is 12.9. The van der Waals surface area contributed by atoms with Crippen molar-refractivity contribution >= 4 is 46.1 Å². The predicted octanol–water partition coefficient (Wildman–Crippen LogP) is 9.97. The largest absolute Gasteiger partial charge is 0.497 e. The number of ether oxygens (including phenoxy) is 2. The molecule has 0 saturated carbocycles. The third-order valence-corrected chi connectivity index (χ3v) is 7.73. The molecule has 2 aromatic rings. The normalized spacial score (nSPS) is 12.2. The molecule has 2 amide bonds. The fraction of sp³-hybridized carbons (Fsp3) is 0.531. The first-order valence-electron chi connectivity index (χ1n) is 14.7. The topological polar surface area (TPSA) is 62.8 Å². The minimum absolute atomic E-state index is 0. The Bertz CT molecular complexity index is 1020. The van der Waals surface area contributed by atoms with Gasteiger partial charge in [0.05, 0.1) is 25.3 Å². The van der Waals surface area contributed by atoms with Crippen molar-refractivity contribution in [2.75, 3.05) is 30.2 Å². The lowest BCUT2D eigenvalue weighted by Crippen LogP contribution is -2.22. The monoisotopic (exact) mass is 633 g/mol. The molecular formula is C32H48BrN3O3S. The van der Waals surface area contributed by atoms with Crippen molar-refractivity contribution in [1.29, 1.82) is 0 Å². The van der Waals surface area contributed by atoms with Gasteiger partial charge in [0.2, 0.25) is 0 Å². The van der Waals surface area contributed by atoms with Crippen molar-refractivity contribution in [3.05, 3.63) is 59.6 Å². The van der Waals surface area contributed by atoms with Gasteiger partial charge < -0.3 is 25.0 Å². The number of rotatable bonds is 19. The highest BCUT2D eigenvalue weighted by Crippen LogP contribution is 2.30. The van der Waals surface area contributed by atoms with Crippen LogP contribution in [0.15, 0.2) is 54.1 Å². The van der Waals surface area contributed by atoms with E-state index in [1.165, 1.54) is 64.2 Å². The van der Waals surface area contributed by atoms with Gasteiger partial charge in [-0.15, -0.1) is 28.7 Å². The first-order valence-corrected chi connectivity index (χ1v) is 15.7. The molecule has 0 unspecified atom stereocenters. The minimum atomic E-state index is -0.297. The number of benzene rings is 2. The number of methoxy groups -OCH3 is 1. The molecule has 222 valence electrons. The molecule has 0 fully saturated rings. The van der Waals surface area contributed by atoms with Crippen LogP contribution < -0.4 is 20.1 Å². The number of carbonyl (C=O) groups excluding carboxylic acids is 1. The SMILES string of the molecule is Br.CCCCCCCCCCCCCCOc1cc(OC)ccc1NC(=O)Nc1ccccc1CN1C=CSC1. The Balaban J connectivity index is 0.00000560. The molecular weight excluding hydrogens is 586 g/mol. The summed E-state index contributed by atoms with van der Waals surface area (Å²) < 4.78 is 11.5. The van der Waals surface area contributed by atoms with Crippen molar-refractivity contribution in [3.63, 3.8) is 0 Å². The molecule has 1 heterocycles. The van der Waals surface area contributed by atoms with E-state index in [-0.39, 0.29) is 23.0 Å². The number of para-hydroxylation sites is 1. The van der Waals surface area contributed by atoms with Crippen LogP contribution in [-0.4, -0.2) is 30.5 Å². The van der Waals surface area contributed by atoms with E-state index in [2.05, 4.69) is 34.1 Å². The summed E-state index contributed by atoms with van der Waals surface area (Å²) in [5.41, 5.74) is 2.49. The molecule has 40 heavy (non-hydrogen) atoms. The Labute approximate surface area is 256 Å². The highest BCUT2D eigenvalue weighted by Gasteiger charge is 2.13. The summed E-state index contributed by atoms with van der Waals surface area (Å²) in [5.74, 6) is 2.25. The number of halogens is 1. The van der Waals surface area contributed by atoms with Crippen LogP contribution in [0.25, 0.3) is 0 Å². The second-order valence-electron chi connectivity index (χ2n) is 10.2. The number of thioether (sulfide) groups is 1. The van der Waals surface area contributed by atoms with Gasteiger partial charge >= 0.3 is 6.03 Å². The third-order valence-electron chi connectivity index (χ3n) is 6.94. The summed E-state index contributed by atoms with van der Waals surface area (Å²) in [7, 11) is 1.63. The number of hydrogen-bond donors (Lipinski definition) is 2. The van der Waals surface area contributed by atoms with Crippen molar-refractivity contribution in [2.24, 2.45) is 0 Å². The van der Waals surface area contributed by atoms with Crippen LogP contribution in [0.5, 0.6) is 11.5 Å². The van der Waals surface area contributed by atoms with Gasteiger partial charge in [-0.2, -0.15) is 0 Å². The Hall–Kier alpha value is -2.32. The molecule has 0 spiro atoms. The summed E-state index contributed by atoms with van der Waals surface area (Å²) >= 11 is 1.77. The lowest BCUT2D eigenvalue weighted by atomic mass is 10.1. The van der Waals surface area contributed by atoms with Crippen molar-refractivity contribution in [3.8, 4) is 11.5 Å². The summed E-state index contributed by atoms with van der Waals surface area (Å²) in [4.78, 5) is 15.1. The first-order chi connectivity index (χ1) is 19.2. The molecule has 2 N–H and O–H groups in total. The van der Waals surface area contributed by atoms with Crippen LogP contribution in [0.2, 0.25) is 0 Å². The zero-order valence-electron chi connectivity index (χ0n) is 24.3. The van der Waals surface area contributed by atoms with Gasteiger partial charge in [0.1, 0.15) is 11.5 Å². The van der Waals surface area contributed by atoms with Gasteiger partial charge in [-0.1, -0.05) is 95.8 Å². The lowest BCUT2D eigenvalue weighted by Gasteiger charge is -2.18. The summed E-state index contributed by atoms with van der Waals surface area (Å²) in [6.45, 7) is 3.63. The molecule has 1 aliphatic rings. The lowest BCUT2D eigenvalue weighted by molar-refractivity contribution is 0.261. The van der Waals surface area contributed by atoms with Crippen LogP contribution in [0.3, 0.4) is 0 Å². The number of carbonyl (C=O) groups is 1. The number of nitrogens with zero attached hydrogens (tertiary/aromatic N) is 1. The molecule has 8 heteroatoms. The first kappa shape index (κ1) is 33.9. The maximum absolute atomic E-state index is 12.9.